The van der Waals surface area contributed by atoms with E-state index >= 15 is 0 Å². The van der Waals surface area contributed by atoms with Crippen LogP contribution in [0.3, 0.4) is 0 Å². The Morgan fingerprint density at radius 1 is 0.226 bits per heavy atom. The maximum absolute atomic E-state index is 9.76. The highest BCUT2D eigenvalue weighted by Crippen LogP contribution is 2.35. The Morgan fingerprint density at radius 3 is 0.830 bits per heavy atom. The van der Waals surface area contributed by atoms with Gasteiger partial charge in [-0.05, 0) is 261 Å². The second-order valence-electron chi connectivity index (χ2n) is 27.4. The third-order valence-corrected chi connectivity index (χ3v) is 17.9. The van der Waals surface area contributed by atoms with Crippen LogP contribution in [0.25, 0.3) is 54.2 Å². The summed E-state index contributed by atoms with van der Waals surface area (Å²) in [4.78, 5) is 4.08. The highest BCUT2D eigenvalue weighted by Gasteiger charge is 2.09. The number of fused-ring (bicyclic) bond motifs is 4. The Hall–Kier alpha value is -11.7. The van der Waals surface area contributed by atoms with Crippen molar-refractivity contribution in [3.8, 4) is 45.6 Å². The minimum absolute atomic E-state index is 0. The number of ether oxygens (including phenoxy) is 1. The Balaban J connectivity index is 0.000000188. The number of hydrogen-bond donors (Lipinski definition) is 4. The van der Waals surface area contributed by atoms with Gasteiger partial charge in [0, 0.05) is 22.7 Å². The van der Waals surface area contributed by atoms with Crippen LogP contribution in [0.2, 0.25) is 0 Å². The predicted molar refractivity (Wildman–Crippen MR) is 456 cm³/mol. The number of aryl methyl sites for hydroxylation is 18. The molecule has 15 aromatic rings. The van der Waals surface area contributed by atoms with Crippen molar-refractivity contribution in [3.05, 3.63) is 386 Å². The van der Waals surface area contributed by atoms with E-state index in [4.69, 9.17) is 14.9 Å². The molecule has 0 amide bonds. The lowest BCUT2D eigenvalue weighted by Gasteiger charge is -2.07. The zero-order valence-electron chi connectivity index (χ0n) is 64.8. The number of rotatable bonds is 3. The lowest BCUT2D eigenvalue weighted by molar-refractivity contribution is 0.453. The van der Waals surface area contributed by atoms with E-state index in [2.05, 4.69) is 276 Å². The van der Waals surface area contributed by atoms with E-state index in [-0.39, 0.29) is 30.4 Å². The minimum Gasteiger partial charge on any atom is -0.508 e. The van der Waals surface area contributed by atoms with Crippen molar-refractivity contribution in [2.45, 2.75) is 132 Å². The molecule has 15 rings (SSSR count). The Bertz CT molecular complexity index is 4800. The van der Waals surface area contributed by atoms with E-state index in [9.17, 15) is 10.2 Å². The van der Waals surface area contributed by atoms with Gasteiger partial charge in [-0.3, -0.25) is 4.98 Å². The van der Waals surface area contributed by atoms with Crippen molar-refractivity contribution < 1.29 is 25.2 Å². The Kier molecular flexibility index (Phi) is 32.1. The molecule has 0 unspecified atom stereocenters. The van der Waals surface area contributed by atoms with Crippen LogP contribution in [0.4, 0.5) is 0 Å². The fourth-order valence-electron chi connectivity index (χ4n) is 11.1. The second kappa shape index (κ2) is 40.9. The third-order valence-electron chi connectivity index (χ3n) is 17.9. The fourth-order valence-corrected chi connectivity index (χ4v) is 11.1. The van der Waals surface area contributed by atoms with Crippen molar-refractivity contribution in [2.24, 2.45) is 0 Å². The van der Waals surface area contributed by atoms with E-state index in [0.717, 1.165) is 28.3 Å². The van der Waals surface area contributed by atoms with Gasteiger partial charge < -0.3 is 25.2 Å². The van der Waals surface area contributed by atoms with Gasteiger partial charge >= 0.3 is 0 Å². The molecule has 0 fully saturated rings. The predicted octanol–water partition coefficient (Wildman–Crippen LogP) is 27.7. The molecule has 0 aliphatic rings. The standard InChI is InChI=1S/C14H14O.C14H14.C12H12O2.3C12H12.C8H10O2.C8H10.C7H9N.CH4/c1-11-3-7-13(8-4-11)15-14-9-5-12(2)6-10-14;1-11-3-7-13(8-4-11)14-9-5-12(2)6-10-14;1-7-3-5-10-9(11(7)13)6-4-8(2)12(10)14;1-9-3-5-12-8-10(2)4-6-11(12)7-9;1-9-5-3-8-12-10(2)6-4-7-11(9)12;1-9-7-8-10(2)12-6-4-3-5-11(9)12;1-5-3-8(10)6(2)4-7(5)9;1-7-3-5-8(2)6-4-7;1-6-3-4-7(2)8-5-6;/h3-10H,1-2H3;3-10H,1-2H3;3-6,13-14H,1-2H3;3*3-8H,1-2H3;3-4,9-10H,1-2H3;3-6H,1-2H3;3-5H,1-2H3;1H4. The molecule has 0 radical (unpaired) electrons. The van der Waals surface area contributed by atoms with Crippen LogP contribution in [-0.4, -0.2) is 25.4 Å². The molecule has 1 heterocycles. The van der Waals surface area contributed by atoms with Gasteiger partial charge in [0.15, 0.2) is 0 Å². The minimum atomic E-state index is 0. The van der Waals surface area contributed by atoms with Crippen molar-refractivity contribution in [1.29, 1.82) is 0 Å². The normalized spacial score (nSPS) is 10.1. The molecule has 0 saturated heterocycles. The molecular formula is C100H109NO5. The molecule has 0 aliphatic heterocycles. The zero-order valence-corrected chi connectivity index (χ0v) is 64.8. The third kappa shape index (κ3) is 25.9. The van der Waals surface area contributed by atoms with Crippen LogP contribution in [0, 0.1) is 125 Å². The largest absolute Gasteiger partial charge is 0.508 e. The number of phenols is 4. The summed E-state index contributed by atoms with van der Waals surface area (Å²) in [6, 6.07) is 95.2. The summed E-state index contributed by atoms with van der Waals surface area (Å²) < 4.78 is 5.69. The summed E-state index contributed by atoms with van der Waals surface area (Å²) in [7, 11) is 0. The van der Waals surface area contributed by atoms with E-state index in [1.165, 1.54) is 116 Å². The van der Waals surface area contributed by atoms with E-state index in [0.29, 0.717) is 21.9 Å². The average Bonchev–Trinajstić information content (AvgIpc) is 0.786. The lowest BCUT2D eigenvalue weighted by atomic mass is 10.0. The molecule has 544 valence electrons. The van der Waals surface area contributed by atoms with Gasteiger partial charge in [-0.15, -0.1) is 0 Å². The van der Waals surface area contributed by atoms with Crippen LogP contribution in [-0.2, 0) is 0 Å². The molecular weight excluding hydrogens is 1300 g/mol. The van der Waals surface area contributed by atoms with Gasteiger partial charge in [0.25, 0.3) is 0 Å². The van der Waals surface area contributed by atoms with Crippen molar-refractivity contribution in [3.63, 3.8) is 0 Å². The highest BCUT2D eigenvalue weighted by atomic mass is 16.5. The Labute approximate surface area is 632 Å². The number of phenolic OH excluding ortho intramolecular Hbond substituents is 4. The van der Waals surface area contributed by atoms with E-state index < -0.39 is 0 Å². The second-order valence-corrected chi connectivity index (χ2v) is 27.4. The summed E-state index contributed by atoms with van der Waals surface area (Å²) in [5.74, 6) is 2.72. The number of pyridine rings is 1. The van der Waals surface area contributed by atoms with Crippen LogP contribution in [0.15, 0.2) is 285 Å². The number of aromatic hydroxyl groups is 4. The van der Waals surface area contributed by atoms with Crippen molar-refractivity contribution in [2.75, 3.05) is 0 Å². The summed E-state index contributed by atoms with van der Waals surface area (Å²) in [6.07, 6.45) is 1.87. The maximum Gasteiger partial charge on any atom is 0.127 e. The molecule has 0 atom stereocenters. The fraction of sp³-hybridized carbons (Fsp3) is 0.190. The quantitative estimate of drug-likeness (QED) is 0.131. The molecule has 0 aliphatic carbocycles. The SMILES string of the molecule is C.Cc1cc(O)c(C)cc1O.Cc1ccc(-c2ccc(C)cc2)cc1.Cc1ccc(C)c2ccccc12.Cc1ccc(C)cc1.Cc1ccc(C)nc1.Cc1ccc(Oc2ccc(C)cc2)cc1.Cc1ccc2c(O)c(C)ccc2c1O.Cc1ccc2cc(C)ccc2c1.Cc1cccc2c(C)cccc12. The maximum atomic E-state index is 9.76. The number of aromatic nitrogens is 1. The van der Waals surface area contributed by atoms with Gasteiger partial charge in [-0.2, -0.15) is 0 Å². The summed E-state index contributed by atoms with van der Waals surface area (Å²) in [6.45, 7) is 36.6. The number of hydrogen-bond acceptors (Lipinski definition) is 6. The first-order chi connectivity index (χ1) is 50.1. The van der Waals surface area contributed by atoms with Crippen LogP contribution >= 0.6 is 0 Å². The number of benzene rings is 14. The van der Waals surface area contributed by atoms with Gasteiger partial charge in [-0.1, -0.05) is 289 Å². The lowest BCUT2D eigenvalue weighted by Crippen LogP contribution is -1.84. The molecule has 6 nitrogen and oxygen atoms in total. The van der Waals surface area contributed by atoms with Crippen molar-refractivity contribution in [1.82, 2.24) is 4.98 Å². The molecule has 4 N–H and O–H groups in total. The van der Waals surface area contributed by atoms with Crippen molar-refractivity contribution >= 4 is 43.1 Å². The molecule has 14 aromatic carbocycles. The van der Waals surface area contributed by atoms with Gasteiger partial charge in [-0.25, -0.2) is 0 Å². The smallest absolute Gasteiger partial charge is 0.127 e. The molecule has 6 heteroatoms. The van der Waals surface area contributed by atoms with Crippen LogP contribution in [0.1, 0.15) is 108 Å². The summed E-state index contributed by atoms with van der Waals surface area (Å²) in [5, 5.41) is 47.3. The van der Waals surface area contributed by atoms with Crippen LogP contribution in [0.5, 0.6) is 34.5 Å². The Morgan fingerprint density at radius 2 is 0.509 bits per heavy atom. The molecule has 1 aromatic heterocycles. The molecule has 0 saturated carbocycles. The van der Waals surface area contributed by atoms with Gasteiger partial charge in [0.1, 0.15) is 34.5 Å². The first-order valence-electron chi connectivity index (χ1n) is 35.8. The topological polar surface area (TPSA) is 103 Å². The highest BCUT2D eigenvalue weighted by molar-refractivity contribution is 5.94. The van der Waals surface area contributed by atoms with Gasteiger partial charge in [0.2, 0.25) is 0 Å². The number of nitrogens with zero attached hydrogens (tertiary/aromatic N) is 1. The first kappa shape index (κ1) is 83.2. The van der Waals surface area contributed by atoms with E-state index in [1.54, 1.807) is 38.1 Å². The first-order valence-corrected chi connectivity index (χ1v) is 35.8. The van der Waals surface area contributed by atoms with Gasteiger partial charge in [0.05, 0.1) is 0 Å². The monoisotopic (exact) mass is 1400 g/mol. The van der Waals surface area contributed by atoms with E-state index in [1.807, 2.05) is 101 Å². The van der Waals surface area contributed by atoms with Crippen LogP contribution < -0.4 is 4.74 Å². The molecule has 0 spiro atoms. The molecule has 0 bridgehead atoms. The zero-order chi connectivity index (χ0) is 76.3. The molecule has 106 heavy (non-hydrogen) atoms. The summed E-state index contributed by atoms with van der Waals surface area (Å²) >= 11 is 0. The average molecular weight is 1400 g/mol. The summed E-state index contributed by atoms with van der Waals surface area (Å²) in [5.41, 5.74) is 23.7.